The van der Waals surface area contributed by atoms with Gasteiger partial charge in [0.1, 0.15) is 0 Å². The number of likely N-dealkylation sites (tertiary alicyclic amines) is 1. The van der Waals surface area contributed by atoms with Gasteiger partial charge in [-0.2, -0.15) is 0 Å². The van der Waals surface area contributed by atoms with E-state index in [4.69, 9.17) is 4.42 Å². The summed E-state index contributed by atoms with van der Waals surface area (Å²) in [6.45, 7) is 4.29. The first-order valence-corrected chi connectivity index (χ1v) is 8.81. The molecule has 134 valence electrons. The number of β-amino-alcohol motifs (C(OH)–C–C–N with tert-alkyl or cyclic N) is 1. The summed E-state index contributed by atoms with van der Waals surface area (Å²) in [6.07, 6.45) is 2.16. The Morgan fingerprint density at radius 1 is 1.52 bits per heavy atom. The molecule has 7 nitrogen and oxygen atoms in total. The second-order valence-electron chi connectivity index (χ2n) is 7.38. The van der Waals surface area contributed by atoms with Crippen molar-refractivity contribution in [1.29, 1.82) is 0 Å². The van der Waals surface area contributed by atoms with Crippen molar-refractivity contribution in [2.75, 3.05) is 19.6 Å². The van der Waals surface area contributed by atoms with Gasteiger partial charge in [-0.1, -0.05) is 6.07 Å². The van der Waals surface area contributed by atoms with E-state index in [9.17, 15) is 14.7 Å². The van der Waals surface area contributed by atoms with E-state index in [-0.39, 0.29) is 18.1 Å². The number of H-pyrrole nitrogens is 1. The minimum atomic E-state index is -0.499. The first-order valence-electron chi connectivity index (χ1n) is 8.81. The highest BCUT2D eigenvalue weighted by Gasteiger charge is 2.51. The standard InChI is InChI=1S/C18H23N3O4/c1-11(9-21-7-4-13(22)10-21)19-16(23)18(5-6-18)12-2-3-15-14(8-12)20-17(24)25-15/h2-3,8,11,13,22H,4-7,9-10H2,1H3,(H,19,23)(H,20,24). The minimum Gasteiger partial charge on any atom is -0.408 e. The van der Waals surface area contributed by atoms with Gasteiger partial charge in [-0.05, 0) is 43.9 Å². The summed E-state index contributed by atoms with van der Waals surface area (Å²) in [7, 11) is 0. The molecule has 2 aromatic rings. The maximum absolute atomic E-state index is 12.8. The van der Waals surface area contributed by atoms with Crippen molar-refractivity contribution in [3.05, 3.63) is 34.3 Å². The quantitative estimate of drug-likeness (QED) is 0.742. The van der Waals surface area contributed by atoms with Crippen LogP contribution in [0.1, 0.15) is 31.7 Å². The van der Waals surface area contributed by atoms with E-state index in [1.807, 2.05) is 19.1 Å². The second-order valence-corrected chi connectivity index (χ2v) is 7.38. The number of nitrogens with zero attached hydrogens (tertiary/aromatic N) is 1. The lowest BCUT2D eigenvalue weighted by molar-refractivity contribution is -0.124. The van der Waals surface area contributed by atoms with Gasteiger partial charge < -0.3 is 14.8 Å². The van der Waals surface area contributed by atoms with Gasteiger partial charge in [0, 0.05) is 25.7 Å². The van der Waals surface area contributed by atoms with Crippen molar-refractivity contribution >= 4 is 17.0 Å². The Balaban J connectivity index is 1.45. The molecule has 25 heavy (non-hydrogen) atoms. The van der Waals surface area contributed by atoms with E-state index in [1.54, 1.807) is 6.07 Å². The van der Waals surface area contributed by atoms with Crippen LogP contribution in [-0.4, -0.2) is 52.7 Å². The predicted molar refractivity (Wildman–Crippen MR) is 92.4 cm³/mol. The molecule has 1 aromatic heterocycles. The number of benzene rings is 1. The van der Waals surface area contributed by atoms with E-state index in [2.05, 4.69) is 15.2 Å². The Morgan fingerprint density at radius 2 is 2.32 bits per heavy atom. The van der Waals surface area contributed by atoms with Crippen LogP contribution < -0.4 is 11.1 Å². The normalized spacial score (nSPS) is 23.7. The zero-order chi connectivity index (χ0) is 17.6. The lowest BCUT2D eigenvalue weighted by atomic mass is 9.94. The SMILES string of the molecule is CC(CN1CCC(O)C1)NC(=O)C1(c2ccc3oc(=O)[nH]c3c2)CC1. The van der Waals surface area contributed by atoms with Gasteiger partial charge in [0.25, 0.3) is 0 Å². The van der Waals surface area contributed by atoms with Crippen LogP contribution in [0.25, 0.3) is 11.1 Å². The Hall–Kier alpha value is -2.12. The number of rotatable bonds is 5. The van der Waals surface area contributed by atoms with Crippen molar-refractivity contribution in [1.82, 2.24) is 15.2 Å². The van der Waals surface area contributed by atoms with E-state index >= 15 is 0 Å². The smallest absolute Gasteiger partial charge is 0.408 e. The first kappa shape index (κ1) is 16.4. The zero-order valence-corrected chi connectivity index (χ0v) is 14.2. The number of hydrogen-bond acceptors (Lipinski definition) is 5. The number of carbonyl (C=O) groups is 1. The third-order valence-corrected chi connectivity index (χ3v) is 5.31. The van der Waals surface area contributed by atoms with Gasteiger partial charge in [0.2, 0.25) is 5.91 Å². The van der Waals surface area contributed by atoms with Gasteiger partial charge in [0.05, 0.1) is 17.0 Å². The first-order chi connectivity index (χ1) is 12.0. The van der Waals surface area contributed by atoms with Crippen molar-refractivity contribution in [2.45, 2.75) is 43.7 Å². The Bertz CT molecular complexity index is 851. The fourth-order valence-corrected chi connectivity index (χ4v) is 3.79. The third kappa shape index (κ3) is 3.09. The van der Waals surface area contributed by atoms with Crippen LogP contribution in [0.15, 0.2) is 27.4 Å². The zero-order valence-electron chi connectivity index (χ0n) is 14.2. The van der Waals surface area contributed by atoms with Gasteiger partial charge in [0.15, 0.2) is 5.58 Å². The maximum atomic E-state index is 12.8. The molecule has 7 heteroatoms. The van der Waals surface area contributed by atoms with Crippen LogP contribution in [0, 0.1) is 0 Å². The predicted octanol–water partition coefficient (Wildman–Crippen LogP) is 0.724. The van der Waals surface area contributed by atoms with Crippen molar-refractivity contribution in [2.24, 2.45) is 0 Å². The number of fused-ring (bicyclic) bond motifs is 1. The highest BCUT2D eigenvalue weighted by atomic mass is 16.4. The van der Waals surface area contributed by atoms with Crippen LogP contribution in [0.4, 0.5) is 0 Å². The Kier molecular flexibility index (Phi) is 3.92. The molecule has 2 unspecified atom stereocenters. The molecule has 2 fully saturated rings. The average Bonchev–Trinajstić information content (AvgIpc) is 3.15. The number of nitrogens with one attached hydrogen (secondary N) is 2. The molecule has 1 aliphatic carbocycles. The minimum absolute atomic E-state index is 0.0211. The molecule has 0 radical (unpaired) electrons. The summed E-state index contributed by atoms with van der Waals surface area (Å²) in [4.78, 5) is 29.0. The van der Waals surface area contributed by atoms with Crippen LogP contribution >= 0.6 is 0 Å². The fraction of sp³-hybridized carbons (Fsp3) is 0.556. The summed E-state index contributed by atoms with van der Waals surface area (Å²) in [5.74, 6) is -0.451. The number of aliphatic hydroxyl groups excluding tert-OH is 1. The van der Waals surface area contributed by atoms with Crippen molar-refractivity contribution < 1.29 is 14.3 Å². The number of carbonyl (C=O) groups excluding carboxylic acids is 1. The summed E-state index contributed by atoms with van der Waals surface area (Å²) in [6, 6.07) is 5.47. The lowest BCUT2D eigenvalue weighted by Crippen LogP contribution is -2.45. The molecular formula is C18H23N3O4. The highest BCUT2D eigenvalue weighted by molar-refractivity contribution is 5.92. The number of amides is 1. The number of hydrogen-bond donors (Lipinski definition) is 3. The Morgan fingerprint density at radius 3 is 3.00 bits per heavy atom. The number of aromatic nitrogens is 1. The van der Waals surface area contributed by atoms with E-state index < -0.39 is 11.2 Å². The molecule has 2 aliphatic rings. The van der Waals surface area contributed by atoms with E-state index in [0.717, 1.165) is 37.9 Å². The van der Waals surface area contributed by atoms with Gasteiger partial charge in [-0.3, -0.25) is 14.7 Å². The van der Waals surface area contributed by atoms with Crippen LogP contribution in [0.3, 0.4) is 0 Å². The molecule has 2 atom stereocenters. The van der Waals surface area contributed by atoms with Gasteiger partial charge >= 0.3 is 5.76 Å². The lowest BCUT2D eigenvalue weighted by Gasteiger charge is -2.24. The Labute approximate surface area is 145 Å². The van der Waals surface area contributed by atoms with Crippen LogP contribution in [0.2, 0.25) is 0 Å². The average molecular weight is 345 g/mol. The molecule has 1 aromatic carbocycles. The fourth-order valence-electron chi connectivity index (χ4n) is 3.79. The number of aromatic amines is 1. The molecule has 1 amide bonds. The van der Waals surface area contributed by atoms with E-state index in [0.29, 0.717) is 17.6 Å². The van der Waals surface area contributed by atoms with Crippen LogP contribution in [0.5, 0.6) is 0 Å². The molecular weight excluding hydrogens is 322 g/mol. The molecule has 4 rings (SSSR count). The molecule has 1 saturated carbocycles. The summed E-state index contributed by atoms with van der Waals surface area (Å²) >= 11 is 0. The molecule has 1 aliphatic heterocycles. The van der Waals surface area contributed by atoms with E-state index in [1.165, 1.54) is 0 Å². The monoisotopic (exact) mass is 345 g/mol. The summed E-state index contributed by atoms with van der Waals surface area (Å²) < 4.78 is 5.03. The summed E-state index contributed by atoms with van der Waals surface area (Å²) in [5.41, 5.74) is 1.55. The second kappa shape index (κ2) is 6.00. The summed E-state index contributed by atoms with van der Waals surface area (Å²) in [5, 5.41) is 12.7. The maximum Gasteiger partial charge on any atom is 0.417 e. The molecule has 3 N–H and O–H groups in total. The highest BCUT2D eigenvalue weighted by Crippen LogP contribution is 2.48. The topological polar surface area (TPSA) is 98.6 Å². The van der Waals surface area contributed by atoms with Gasteiger partial charge in [-0.25, -0.2) is 4.79 Å². The third-order valence-electron chi connectivity index (χ3n) is 5.31. The van der Waals surface area contributed by atoms with Gasteiger partial charge in [-0.15, -0.1) is 0 Å². The van der Waals surface area contributed by atoms with Crippen molar-refractivity contribution in [3.8, 4) is 0 Å². The van der Waals surface area contributed by atoms with Crippen molar-refractivity contribution in [3.63, 3.8) is 0 Å². The molecule has 0 bridgehead atoms. The number of aliphatic hydroxyl groups is 1. The number of oxazole rings is 1. The largest absolute Gasteiger partial charge is 0.417 e. The molecule has 1 saturated heterocycles. The molecule has 2 heterocycles. The van der Waals surface area contributed by atoms with Crippen LogP contribution in [-0.2, 0) is 10.2 Å². The molecule has 0 spiro atoms.